The number of nitrogens with zero attached hydrogens (tertiary/aromatic N) is 2. The average molecular weight is 258 g/mol. The van der Waals surface area contributed by atoms with Gasteiger partial charge in [-0.2, -0.15) is 0 Å². The number of aryl methyl sites for hydroxylation is 1. The molecule has 0 amide bonds. The van der Waals surface area contributed by atoms with Gasteiger partial charge in [-0.25, -0.2) is 0 Å². The van der Waals surface area contributed by atoms with Crippen molar-refractivity contribution in [3.8, 4) is 0 Å². The lowest BCUT2D eigenvalue weighted by molar-refractivity contribution is -0.156. The van der Waals surface area contributed by atoms with E-state index < -0.39 is 17.9 Å². The molecule has 0 aliphatic rings. The summed E-state index contributed by atoms with van der Waals surface area (Å²) in [5, 5.41) is 8.55. The summed E-state index contributed by atoms with van der Waals surface area (Å²) in [5.74, 6) is -2.43. The van der Waals surface area contributed by atoms with Gasteiger partial charge in [-0.1, -0.05) is 0 Å². The average Bonchev–Trinajstić information content (AvgIpc) is 2.66. The van der Waals surface area contributed by atoms with E-state index in [1.807, 2.05) is 0 Å². The fourth-order valence-electron chi connectivity index (χ4n) is 1.18. The molecular weight excluding hydrogens is 244 g/mol. The molecule has 1 aromatic heterocycles. The van der Waals surface area contributed by atoms with Gasteiger partial charge >= 0.3 is 11.9 Å². The highest BCUT2D eigenvalue weighted by molar-refractivity contribution is 7.11. The predicted octanol–water partition coefficient (Wildman–Crippen LogP) is 1.06. The van der Waals surface area contributed by atoms with Crippen LogP contribution in [0, 0.1) is 6.92 Å². The molecule has 6 nitrogen and oxygen atoms in total. The van der Waals surface area contributed by atoms with Crippen molar-refractivity contribution in [2.75, 3.05) is 13.2 Å². The molecular formula is C10H14N2O4S. The zero-order valence-electron chi connectivity index (χ0n) is 9.93. The number of carbonyl (C=O) groups excluding carboxylic acids is 2. The molecule has 0 spiro atoms. The zero-order chi connectivity index (χ0) is 12.8. The maximum atomic E-state index is 11.7. The second kappa shape index (κ2) is 6.29. The second-order valence-corrected chi connectivity index (χ2v) is 4.31. The Labute approximate surface area is 103 Å². The molecule has 0 fully saturated rings. The quantitative estimate of drug-likeness (QED) is 0.580. The number of hydrogen-bond acceptors (Lipinski definition) is 7. The van der Waals surface area contributed by atoms with Crippen LogP contribution in [0.4, 0.5) is 0 Å². The minimum Gasteiger partial charge on any atom is -0.465 e. The highest BCUT2D eigenvalue weighted by Gasteiger charge is 2.34. The van der Waals surface area contributed by atoms with Gasteiger partial charge in [-0.05, 0) is 20.8 Å². The van der Waals surface area contributed by atoms with E-state index in [-0.39, 0.29) is 13.2 Å². The largest absolute Gasteiger partial charge is 0.465 e. The molecule has 1 heterocycles. The van der Waals surface area contributed by atoms with Crippen LogP contribution >= 0.6 is 11.3 Å². The first-order chi connectivity index (χ1) is 8.10. The molecule has 1 aromatic rings. The Morgan fingerprint density at radius 1 is 1.18 bits per heavy atom. The Kier molecular flexibility index (Phi) is 5.02. The van der Waals surface area contributed by atoms with Crippen molar-refractivity contribution in [2.45, 2.75) is 26.7 Å². The third-order valence-electron chi connectivity index (χ3n) is 1.83. The maximum Gasteiger partial charge on any atom is 0.327 e. The monoisotopic (exact) mass is 258 g/mol. The molecule has 0 saturated heterocycles. The van der Waals surface area contributed by atoms with Gasteiger partial charge < -0.3 is 9.47 Å². The van der Waals surface area contributed by atoms with Gasteiger partial charge in [0, 0.05) is 0 Å². The van der Waals surface area contributed by atoms with Crippen LogP contribution in [-0.2, 0) is 19.1 Å². The first-order valence-electron chi connectivity index (χ1n) is 5.23. The van der Waals surface area contributed by atoms with Crippen LogP contribution in [0.15, 0.2) is 0 Å². The number of carbonyl (C=O) groups is 2. The molecule has 0 bridgehead atoms. The van der Waals surface area contributed by atoms with Crippen molar-refractivity contribution in [3.05, 3.63) is 10.0 Å². The molecule has 7 heteroatoms. The van der Waals surface area contributed by atoms with Crippen molar-refractivity contribution in [1.29, 1.82) is 0 Å². The van der Waals surface area contributed by atoms with Crippen LogP contribution < -0.4 is 0 Å². The van der Waals surface area contributed by atoms with Crippen molar-refractivity contribution < 1.29 is 19.1 Å². The Morgan fingerprint density at radius 2 is 1.71 bits per heavy atom. The van der Waals surface area contributed by atoms with Gasteiger partial charge in [0.1, 0.15) is 10.0 Å². The third-order valence-corrected chi connectivity index (χ3v) is 2.74. The van der Waals surface area contributed by atoms with E-state index in [4.69, 9.17) is 9.47 Å². The number of aromatic nitrogens is 2. The van der Waals surface area contributed by atoms with Crippen LogP contribution in [0.25, 0.3) is 0 Å². The van der Waals surface area contributed by atoms with Gasteiger partial charge in [0.2, 0.25) is 5.92 Å². The van der Waals surface area contributed by atoms with Gasteiger partial charge in [-0.15, -0.1) is 21.5 Å². The van der Waals surface area contributed by atoms with Crippen LogP contribution in [0.1, 0.15) is 29.8 Å². The van der Waals surface area contributed by atoms with Gasteiger partial charge in [0.05, 0.1) is 13.2 Å². The summed E-state index contributed by atoms with van der Waals surface area (Å²) in [6.07, 6.45) is 0. The Hall–Kier alpha value is -1.50. The number of rotatable bonds is 5. The number of hydrogen-bond donors (Lipinski definition) is 0. The lowest BCUT2D eigenvalue weighted by Crippen LogP contribution is -2.26. The molecule has 0 N–H and O–H groups in total. The Morgan fingerprint density at radius 3 is 2.06 bits per heavy atom. The van der Waals surface area contributed by atoms with Gasteiger partial charge in [0.15, 0.2) is 0 Å². The minimum absolute atomic E-state index is 0.201. The Bertz CT molecular complexity index is 387. The highest BCUT2D eigenvalue weighted by Crippen LogP contribution is 2.22. The fourth-order valence-corrected chi connectivity index (χ4v) is 1.95. The molecule has 0 saturated carbocycles. The SMILES string of the molecule is CCOC(=O)C(C(=O)OCC)c1nnc(C)s1. The van der Waals surface area contributed by atoms with E-state index in [9.17, 15) is 9.59 Å². The first kappa shape index (κ1) is 13.6. The molecule has 94 valence electrons. The molecule has 0 aliphatic heterocycles. The van der Waals surface area contributed by atoms with Crippen molar-refractivity contribution in [3.63, 3.8) is 0 Å². The molecule has 0 aliphatic carbocycles. The molecule has 0 atom stereocenters. The first-order valence-corrected chi connectivity index (χ1v) is 6.05. The number of ether oxygens (including phenoxy) is 2. The summed E-state index contributed by atoms with van der Waals surface area (Å²) in [7, 11) is 0. The summed E-state index contributed by atoms with van der Waals surface area (Å²) in [6.45, 7) is 5.49. The van der Waals surface area contributed by atoms with E-state index in [1.165, 1.54) is 11.3 Å². The van der Waals surface area contributed by atoms with Crippen LogP contribution in [-0.4, -0.2) is 35.3 Å². The lowest BCUT2D eigenvalue weighted by atomic mass is 10.1. The summed E-state index contributed by atoms with van der Waals surface area (Å²) in [6, 6.07) is 0. The van der Waals surface area contributed by atoms with E-state index in [2.05, 4.69) is 10.2 Å². The molecule has 0 radical (unpaired) electrons. The fraction of sp³-hybridized carbons (Fsp3) is 0.600. The second-order valence-electron chi connectivity index (χ2n) is 3.10. The smallest absolute Gasteiger partial charge is 0.327 e. The summed E-state index contributed by atoms with van der Waals surface area (Å²) in [4.78, 5) is 23.4. The Balaban J connectivity index is 2.93. The van der Waals surface area contributed by atoms with E-state index >= 15 is 0 Å². The van der Waals surface area contributed by atoms with Gasteiger partial charge in [-0.3, -0.25) is 9.59 Å². The van der Waals surface area contributed by atoms with E-state index in [0.717, 1.165) is 0 Å². The van der Waals surface area contributed by atoms with Crippen molar-refractivity contribution in [2.24, 2.45) is 0 Å². The van der Waals surface area contributed by atoms with E-state index in [0.29, 0.717) is 10.0 Å². The van der Waals surface area contributed by atoms with Crippen LogP contribution in [0.5, 0.6) is 0 Å². The van der Waals surface area contributed by atoms with E-state index in [1.54, 1.807) is 20.8 Å². The maximum absolute atomic E-state index is 11.7. The predicted molar refractivity (Wildman–Crippen MR) is 60.7 cm³/mol. The standard InChI is InChI=1S/C10H14N2O4S/c1-4-15-9(13)7(10(14)16-5-2)8-12-11-6(3)17-8/h7H,4-5H2,1-3H3. The summed E-state index contributed by atoms with van der Waals surface area (Å²) < 4.78 is 9.67. The lowest BCUT2D eigenvalue weighted by Gasteiger charge is -2.11. The zero-order valence-corrected chi connectivity index (χ0v) is 10.7. The topological polar surface area (TPSA) is 78.4 Å². The normalized spacial score (nSPS) is 10.4. The van der Waals surface area contributed by atoms with Crippen molar-refractivity contribution in [1.82, 2.24) is 10.2 Å². The summed E-state index contributed by atoms with van der Waals surface area (Å²) >= 11 is 1.18. The third kappa shape index (κ3) is 3.48. The minimum atomic E-state index is -1.12. The van der Waals surface area contributed by atoms with Gasteiger partial charge in [0.25, 0.3) is 0 Å². The van der Waals surface area contributed by atoms with Crippen LogP contribution in [0.2, 0.25) is 0 Å². The summed E-state index contributed by atoms with van der Waals surface area (Å²) in [5.41, 5.74) is 0. The molecule has 0 aromatic carbocycles. The molecule has 1 rings (SSSR count). The molecule has 0 unspecified atom stereocenters. The van der Waals surface area contributed by atoms with Crippen molar-refractivity contribution >= 4 is 23.3 Å². The number of esters is 2. The van der Waals surface area contributed by atoms with Crippen LogP contribution in [0.3, 0.4) is 0 Å². The molecule has 17 heavy (non-hydrogen) atoms. The highest BCUT2D eigenvalue weighted by atomic mass is 32.1.